The third-order valence-electron chi connectivity index (χ3n) is 3.23. The van der Waals surface area contributed by atoms with Crippen molar-refractivity contribution in [3.05, 3.63) is 58.3 Å². The van der Waals surface area contributed by atoms with Gasteiger partial charge in [-0.05, 0) is 34.1 Å². The Morgan fingerprint density at radius 2 is 2.18 bits per heavy atom. The van der Waals surface area contributed by atoms with Gasteiger partial charge < -0.3 is 9.30 Å². The number of hydrogen-bond donors (Lipinski definition) is 0. The monoisotopic (exact) mass is 363 g/mol. The zero-order valence-electron chi connectivity index (χ0n) is 11.6. The van der Waals surface area contributed by atoms with Crippen LogP contribution in [0.5, 0.6) is 0 Å². The number of carbonyl (C=O) groups is 1. The fourth-order valence-corrected chi connectivity index (χ4v) is 2.46. The molecular weight excluding hydrogens is 353 g/mol. The van der Waals surface area contributed by atoms with E-state index in [0.29, 0.717) is 21.4 Å². The maximum atomic E-state index is 13.9. The van der Waals surface area contributed by atoms with Crippen LogP contribution in [-0.4, -0.2) is 27.6 Å². The predicted octanol–water partition coefficient (Wildman–Crippen LogP) is 3.17. The Labute approximate surface area is 133 Å². The van der Waals surface area contributed by atoms with Gasteiger partial charge in [-0.3, -0.25) is 4.98 Å². The third kappa shape index (κ3) is 2.71. The van der Waals surface area contributed by atoms with Crippen LogP contribution in [0.4, 0.5) is 4.39 Å². The molecule has 0 fully saturated rings. The normalized spacial score (nSPS) is 10.9. The highest BCUT2D eigenvalue weighted by atomic mass is 79.9. The Morgan fingerprint density at radius 3 is 2.91 bits per heavy atom. The van der Waals surface area contributed by atoms with E-state index >= 15 is 0 Å². The molecule has 3 aromatic rings. The summed E-state index contributed by atoms with van der Waals surface area (Å²) in [4.78, 5) is 19.8. The van der Waals surface area contributed by atoms with Crippen molar-refractivity contribution in [2.75, 3.05) is 7.11 Å². The molecule has 0 aliphatic carbocycles. The van der Waals surface area contributed by atoms with Crippen molar-refractivity contribution >= 4 is 32.9 Å². The molecule has 0 amide bonds. The average Bonchev–Trinajstić information content (AvgIpc) is 2.91. The first-order chi connectivity index (χ1) is 10.6. The molecule has 0 bridgehead atoms. The number of nitrogens with zero attached hydrogens (tertiary/aromatic N) is 3. The lowest BCUT2D eigenvalue weighted by Crippen LogP contribution is -2.05. The fraction of sp³-hybridized carbons (Fsp3) is 0.133. The summed E-state index contributed by atoms with van der Waals surface area (Å²) in [6.45, 7) is 0.257. The zero-order valence-corrected chi connectivity index (χ0v) is 13.2. The molecule has 0 spiro atoms. The maximum absolute atomic E-state index is 13.9. The molecule has 0 aliphatic heterocycles. The highest BCUT2D eigenvalue weighted by Gasteiger charge is 2.11. The van der Waals surface area contributed by atoms with E-state index in [1.54, 1.807) is 23.0 Å². The van der Waals surface area contributed by atoms with Crippen molar-refractivity contribution in [2.45, 2.75) is 6.54 Å². The highest BCUT2D eigenvalue weighted by Crippen LogP contribution is 2.18. The van der Waals surface area contributed by atoms with E-state index in [2.05, 4.69) is 30.6 Å². The van der Waals surface area contributed by atoms with Gasteiger partial charge in [-0.2, -0.15) is 0 Å². The van der Waals surface area contributed by atoms with Gasteiger partial charge in [-0.15, -0.1) is 0 Å². The molecule has 0 atom stereocenters. The first-order valence-electron chi connectivity index (χ1n) is 6.41. The van der Waals surface area contributed by atoms with Gasteiger partial charge in [-0.25, -0.2) is 14.2 Å². The van der Waals surface area contributed by atoms with E-state index in [4.69, 9.17) is 0 Å². The van der Waals surface area contributed by atoms with Crippen LogP contribution in [-0.2, 0) is 11.3 Å². The van der Waals surface area contributed by atoms with Crippen LogP contribution in [0.15, 0.2) is 41.3 Å². The minimum Gasteiger partial charge on any atom is -0.465 e. The summed E-state index contributed by atoms with van der Waals surface area (Å²) < 4.78 is 20.9. The second-order valence-corrected chi connectivity index (χ2v) is 5.57. The topological polar surface area (TPSA) is 57.0 Å². The zero-order chi connectivity index (χ0) is 15.7. The summed E-state index contributed by atoms with van der Waals surface area (Å²) in [6, 6.07) is 4.87. The molecule has 3 rings (SSSR count). The summed E-state index contributed by atoms with van der Waals surface area (Å²) >= 11 is 3.18. The molecular formula is C15H11BrFN3O2. The minimum atomic E-state index is -0.442. The molecule has 22 heavy (non-hydrogen) atoms. The van der Waals surface area contributed by atoms with Crippen LogP contribution >= 0.6 is 15.9 Å². The number of halogens is 2. The first kappa shape index (κ1) is 14.6. The summed E-state index contributed by atoms with van der Waals surface area (Å²) in [6.07, 6.45) is 4.77. The summed E-state index contributed by atoms with van der Waals surface area (Å²) in [5.74, 6) is -0.829. The Hall–Kier alpha value is -2.28. The van der Waals surface area contributed by atoms with E-state index < -0.39 is 5.97 Å². The Morgan fingerprint density at radius 1 is 1.36 bits per heavy atom. The van der Waals surface area contributed by atoms with Gasteiger partial charge in [-0.1, -0.05) is 0 Å². The van der Waals surface area contributed by atoms with Gasteiger partial charge in [0.25, 0.3) is 0 Å². The van der Waals surface area contributed by atoms with Gasteiger partial charge in [0.05, 0.1) is 24.9 Å². The maximum Gasteiger partial charge on any atom is 0.339 e. The molecule has 0 aliphatic rings. The van der Waals surface area contributed by atoms with Crippen molar-refractivity contribution in [1.82, 2.24) is 14.5 Å². The quantitative estimate of drug-likeness (QED) is 0.670. The van der Waals surface area contributed by atoms with Crippen molar-refractivity contribution in [2.24, 2.45) is 0 Å². The molecule has 7 heteroatoms. The van der Waals surface area contributed by atoms with Gasteiger partial charge in [0.1, 0.15) is 11.5 Å². The Kier molecular flexibility index (Phi) is 3.89. The number of aromatic nitrogens is 3. The number of methoxy groups -OCH3 is 1. The minimum absolute atomic E-state index is 0.257. The lowest BCUT2D eigenvalue weighted by Gasteiger charge is -2.06. The molecule has 112 valence electrons. The van der Waals surface area contributed by atoms with Gasteiger partial charge in [0.15, 0.2) is 0 Å². The van der Waals surface area contributed by atoms with Crippen molar-refractivity contribution < 1.29 is 13.9 Å². The molecule has 3 aromatic heterocycles. The van der Waals surface area contributed by atoms with Gasteiger partial charge >= 0.3 is 5.97 Å². The fourth-order valence-electron chi connectivity index (χ4n) is 2.16. The third-order valence-corrected chi connectivity index (χ3v) is 3.66. The number of esters is 1. The second kappa shape index (κ2) is 5.84. The van der Waals surface area contributed by atoms with Crippen LogP contribution in [0.1, 0.15) is 16.1 Å². The van der Waals surface area contributed by atoms with E-state index in [1.807, 2.05) is 6.07 Å². The predicted molar refractivity (Wildman–Crippen MR) is 82.1 cm³/mol. The van der Waals surface area contributed by atoms with Crippen molar-refractivity contribution in [1.29, 1.82) is 0 Å². The Balaban J connectivity index is 1.96. The van der Waals surface area contributed by atoms with E-state index in [-0.39, 0.29) is 12.4 Å². The molecule has 0 saturated heterocycles. The number of rotatable bonds is 3. The number of pyridine rings is 2. The lowest BCUT2D eigenvalue weighted by atomic mass is 10.2. The van der Waals surface area contributed by atoms with Crippen molar-refractivity contribution in [3.8, 4) is 0 Å². The average molecular weight is 364 g/mol. The molecule has 3 heterocycles. The van der Waals surface area contributed by atoms with Gasteiger partial charge in [0, 0.05) is 28.4 Å². The van der Waals surface area contributed by atoms with E-state index in [9.17, 15) is 9.18 Å². The van der Waals surface area contributed by atoms with E-state index in [1.165, 1.54) is 19.4 Å². The molecule has 5 nitrogen and oxygen atoms in total. The summed E-state index contributed by atoms with van der Waals surface area (Å²) in [5, 5.41) is 0.778. The number of ether oxygens (including phenoxy) is 1. The molecule has 0 unspecified atom stereocenters. The van der Waals surface area contributed by atoms with Crippen LogP contribution in [0.3, 0.4) is 0 Å². The second-order valence-electron chi connectivity index (χ2n) is 4.65. The molecule has 0 radical (unpaired) electrons. The van der Waals surface area contributed by atoms with Crippen LogP contribution in [0, 0.1) is 5.82 Å². The number of carbonyl (C=O) groups excluding carboxylic acids is 1. The highest BCUT2D eigenvalue weighted by molar-refractivity contribution is 9.10. The SMILES string of the molecule is COC(=O)c1cnc2c(ccn2Cc2ncc(Br)cc2F)c1. The largest absolute Gasteiger partial charge is 0.465 e. The van der Waals surface area contributed by atoms with Gasteiger partial charge in [0.2, 0.25) is 0 Å². The van der Waals surface area contributed by atoms with Crippen LogP contribution in [0.2, 0.25) is 0 Å². The van der Waals surface area contributed by atoms with Crippen LogP contribution < -0.4 is 0 Å². The first-order valence-corrected chi connectivity index (χ1v) is 7.21. The summed E-state index contributed by atoms with van der Waals surface area (Å²) in [7, 11) is 1.32. The molecule has 0 aromatic carbocycles. The Bertz CT molecular complexity index is 863. The standard InChI is InChI=1S/C15H11BrFN3O2/c1-22-15(21)10-4-9-2-3-20(14(9)19-6-10)8-13-12(17)5-11(16)7-18-13/h2-7H,8H2,1H3. The summed E-state index contributed by atoms with van der Waals surface area (Å²) in [5.41, 5.74) is 1.34. The van der Waals surface area contributed by atoms with Crippen molar-refractivity contribution in [3.63, 3.8) is 0 Å². The smallest absolute Gasteiger partial charge is 0.339 e. The molecule has 0 saturated carbocycles. The number of fused-ring (bicyclic) bond motifs is 1. The van der Waals surface area contributed by atoms with Crippen LogP contribution in [0.25, 0.3) is 11.0 Å². The molecule has 0 N–H and O–H groups in total. The lowest BCUT2D eigenvalue weighted by molar-refractivity contribution is 0.0600. The number of hydrogen-bond acceptors (Lipinski definition) is 4. The van der Waals surface area contributed by atoms with E-state index in [0.717, 1.165) is 5.39 Å².